The van der Waals surface area contributed by atoms with Crippen LogP contribution in [0.25, 0.3) is 0 Å². The van der Waals surface area contributed by atoms with E-state index < -0.39 is 11.3 Å². The van der Waals surface area contributed by atoms with Gasteiger partial charge in [-0.3, -0.25) is 4.79 Å². The van der Waals surface area contributed by atoms with Crippen molar-refractivity contribution in [3.63, 3.8) is 0 Å². The van der Waals surface area contributed by atoms with Crippen LogP contribution in [0.15, 0.2) is 4.79 Å². The average molecular weight is 460 g/mol. The predicted molar refractivity (Wildman–Crippen MR) is 125 cm³/mol. The molecule has 0 aromatic carbocycles. The van der Waals surface area contributed by atoms with E-state index in [9.17, 15) is 14.7 Å². The molecule has 2 aliphatic carbocycles. The zero-order valence-corrected chi connectivity index (χ0v) is 20.4. The molecule has 0 saturated heterocycles. The molecule has 184 valence electrons. The summed E-state index contributed by atoms with van der Waals surface area (Å²) in [4.78, 5) is 25.5. The number of carbonyl (C=O) groups excluding carboxylic acids is 1. The number of Topliss-reactive ketones (excluding diaryl/α,β-unsaturated/α-hetero) is 1. The van der Waals surface area contributed by atoms with E-state index in [4.69, 9.17) is 5.26 Å². The number of nitriles is 1. The molecular weight excluding hydrogens is 418 g/mol. The van der Waals surface area contributed by atoms with Gasteiger partial charge >= 0.3 is 5.69 Å². The summed E-state index contributed by atoms with van der Waals surface area (Å²) in [6.45, 7) is 4.51. The van der Waals surface area contributed by atoms with Gasteiger partial charge in [0.25, 0.3) is 0 Å². The Morgan fingerprint density at radius 2 is 1.79 bits per heavy atom. The molecule has 0 amide bonds. The van der Waals surface area contributed by atoms with E-state index >= 15 is 0 Å². The highest BCUT2D eigenvalue weighted by molar-refractivity contribution is 5.80. The highest BCUT2D eigenvalue weighted by Crippen LogP contribution is 2.40. The molecule has 1 heterocycles. The zero-order valence-electron chi connectivity index (χ0n) is 20.4. The van der Waals surface area contributed by atoms with Crippen LogP contribution in [0.1, 0.15) is 97.3 Å². The maximum atomic E-state index is 13.1. The Hall–Kier alpha value is -2.01. The molecular formula is C25H41N5O3. The second-order valence-corrected chi connectivity index (χ2v) is 10.8. The lowest BCUT2D eigenvalue weighted by atomic mass is 9.72. The van der Waals surface area contributed by atoms with Crippen molar-refractivity contribution in [1.82, 2.24) is 19.8 Å². The number of aryl methyl sites for hydroxylation is 1. The molecule has 1 aromatic rings. The van der Waals surface area contributed by atoms with Crippen molar-refractivity contribution >= 4 is 5.78 Å². The molecule has 2 saturated carbocycles. The van der Waals surface area contributed by atoms with E-state index in [0.717, 1.165) is 67.2 Å². The Kier molecular flexibility index (Phi) is 9.25. The number of fused-ring (bicyclic) bond motifs is 1. The SMILES string of the molecule is CC1CC[C@H](C(=O)Cn2nnn(CCC#N)c2=O)CCCC2CCC[C@@](C)(O)CCCC[C@@H]12. The molecule has 3 rings (SSSR count). The molecule has 2 fully saturated rings. The summed E-state index contributed by atoms with van der Waals surface area (Å²) < 4.78 is 2.30. The Bertz CT molecular complexity index is 868. The number of tetrazole rings is 1. The highest BCUT2D eigenvalue weighted by atomic mass is 16.3. The van der Waals surface area contributed by atoms with Crippen LogP contribution < -0.4 is 5.69 Å². The van der Waals surface area contributed by atoms with Gasteiger partial charge in [0.05, 0.1) is 24.6 Å². The first kappa shape index (κ1) is 25.6. The second kappa shape index (κ2) is 11.9. The Labute approximate surface area is 197 Å². The summed E-state index contributed by atoms with van der Waals surface area (Å²) in [5, 5.41) is 26.9. The van der Waals surface area contributed by atoms with Gasteiger partial charge in [-0.25, -0.2) is 4.79 Å². The molecule has 0 spiro atoms. The number of hydrogen-bond donors (Lipinski definition) is 1. The first-order valence-electron chi connectivity index (χ1n) is 12.9. The number of rotatable bonds is 5. The van der Waals surface area contributed by atoms with E-state index in [0.29, 0.717) is 17.8 Å². The van der Waals surface area contributed by atoms with Crippen LogP contribution in [-0.4, -0.2) is 36.3 Å². The van der Waals surface area contributed by atoms with Gasteiger partial charge in [0.15, 0.2) is 5.78 Å². The summed E-state index contributed by atoms with van der Waals surface area (Å²) in [6.07, 6.45) is 12.7. The minimum Gasteiger partial charge on any atom is -0.390 e. The molecule has 1 N–H and O–H groups in total. The second-order valence-electron chi connectivity index (χ2n) is 10.8. The lowest BCUT2D eigenvalue weighted by Gasteiger charge is -2.34. The van der Waals surface area contributed by atoms with Crippen molar-refractivity contribution in [1.29, 1.82) is 5.26 Å². The quantitative estimate of drug-likeness (QED) is 0.715. The molecule has 2 aliphatic rings. The largest absolute Gasteiger partial charge is 0.390 e. The molecule has 8 nitrogen and oxygen atoms in total. The van der Waals surface area contributed by atoms with Gasteiger partial charge in [-0.2, -0.15) is 14.6 Å². The first-order chi connectivity index (χ1) is 15.8. The van der Waals surface area contributed by atoms with Crippen molar-refractivity contribution < 1.29 is 9.90 Å². The van der Waals surface area contributed by atoms with Crippen LogP contribution in [0, 0.1) is 35.0 Å². The molecule has 2 unspecified atom stereocenters. The summed E-state index contributed by atoms with van der Waals surface area (Å²) in [7, 11) is 0. The van der Waals surface area contributed by atoms with Crippen LogP contribution in [0.5, 0.6) is 0 Å². The van der Waals surface area contributed by atoms with E-state index in [1.54, 1.807) is 0 Å². The number of hydrogen-bond acceptors (Lipinski definition) is 6. The van der Waals surface area contributed by atoms with Crippen LogP contribution in [0.2, 0.25) is 0 Å². The Balaban J connectivity index is 1.63. The molecule has 0 bridgehead atoms. The lowest BCUT2D eigenvalue weighted by Crippen LogP contribution is -2.30. The normalized spacial score (nSPS) is 31.9. The van der Waals surface area contributed by atoms with E-state index in [1.165, 1.54) is 19.3 Å². The maximum absolute atomic E-state index is 13.1. The number of ketones is 1. The number of carbonyl (C=O) groups is 1. The van der Waals surface area contributed by atoms with Crippen molar-refractivity contribution in [2.75, 3.05) is 0 Å². The van der Waals surface area contributed by atoms with Crippen LogP contribution in [0.4, 0.5) is 0 Å². The van der Waals surface area contributed by atoms with Gasteiger partial charge in [0.1, 0.15) is 6.54 Å². The third-order valence-corrected chi connectivity index (χ3v) is 8.12. The van der Waals surface area contributed by atoms with Crippen LogP contribution in [-0.2, 0) is 17.9 Å². The molecule has 0 aliphatic heterocycles. The minimum atomic E-state index is -0.525. The van der Waals surface area contributed by atoms with Crippen molar-refractivity contribution in [2.24, 2.45) is 23.7 Å². The summed E-state index contributed by atoms with van der Waals surface area (Å²) >= 11 is 0. The minimum absolute atomic E-state index is 0.0353. The Morgan fingerprint density at radius 1 is 1.06 bits per heavy atom. The summed E-state index contributed by atoms with van der Waals surface area (Å²) in [5.41, 5.74) is -0.945. The summed E-state index contributed by atoms with van der Waals surface area (Å²) in [5.74, 6) is 1.98. The molecule has 1 aromatic heterocycles. The fourth-order valence-electron chi connectivity index (χ4n) is 6.06. The zero-order chi connectivity index (χ0) is 23.8. The smallest absolute Gasteiger partial charge is 0.364 e. The van der Waals surface area contributed by atoms with Gasteiger partial charge < -0.3 is 5.11 Å². The number of aliphatic hydroxyl groups is 1. The van der Waals surface area contributed by atoms with Gasteiger partial charge in [0.2, 0.25) is 0 Å². The standard InChI is InChI=1S/C25H41N5O3/c1-19-12-13-21(23(31)18-30-24(32)29(27-28-30)17-7-16-26)9-5-8-20-10-6-15-25(2,33)14-4-3-11-22(19)20/h19-22,33H,3-15,17-18H2,1-2H3/t19?,20?,21-,22+,25+/m1/s1. The topological polar surface area (TPSA) is 114 Å². The number of nitrogens with zero attached hydrogens (tertiary/aromatic N) is 5. The molecule has 5 atom stereocenters. The monoisotopic (exact) mass is 459 g/mol. The third kappa shape index (κ3) is 7.23. The van der Waals surface area contributed by atoms with Gasteiger partial charge in [0, 0.05) is 5.92 Å². The molecule has 0 radical (unpaired) electrons. The van der Waals surface area contributed by atoms with Gasteiger partial charge in [-0.05, 0) is 73.6 Å². The maximum Gasteiger partial charge on any atom is 0.364 e. The van der Waals surface area contributed by atoms with Crippen LogP contribution >= 0.6 is 0 Å². The van der Waals surface area contributed by atoms with E-state index in [2.05, 4.69) is 17.4 Å². The van der Waals surface area contributed by atoms with Crippen molar-refractivity contribution in [3.05, 3.63) is 10.5 Å². The molecule has 8 heteroatoms. The van der Waals surface area contributed by atoms with Gasteiger partial charge in [-0.1, -0.05) is 45.4 Å². The number of aromatic nitrogens is 4. The van der Waals surface area contributed by atoms with Crippen LogP contribution in [0.3, 0.4) is 0 Å². The fraction of sp³-hybridized carbons (Fsp3) is 0.880. The third-order valence-electron chi connectivity index (χ3n) is 8.12. The average Bonchev–Trinajstić information content (AvgIpc) is 3.14. The first-order valence-corrected chi connectivity index (χ1v) is 12.9. The summed E-state index contributed by atoms with van der Waals surface area (Å²) in [6, 6.07) is 1.99. The Morgan fingerprint density at radius 3 is 2.58 bits per heavy atom. The van der Waals surface area contributed by atoms with Gasteiger partial charge in [-0.15, -0.1) is 0 Å². The predicted octanol–water partition coefficient (Wildman–Crippen LogP) is 3.87. The highest BCUT2D eigenvalue weighted by Gasteiger charge is 2.32. The lowest BCUT2D eigenvalue weighted by molar-refractivity contribution is -0.124. The van der Waals surface area contributed by atoms with Crippen molar-refractivity contribution in [3.8, 4) is 6.07 Å². The fourth-order valence-corrected chi connectivity index (χ4v) is 6.06. The molecule has 33 heavy (non-hydrogen) atoms. The van der Waals surface area contributed by atoms with E-state index in [-0.39, 0.29) is 31.2 Å². The van der Waals surface area contributed by atoms with Crippen molar-refractivity contribution in [2.45, 2.75) is 116 Å². The van der Waals surface area contributed by atoms with E-state index in [1.807, 2.05) is 13.0 Å².